The number of rotatable bonds is 5. The Bertz CT molecular complexity index is 499. The molecule has 0 bridgehead atoms. The van der Waals surface area contributed by atoms with Crippen LogP contribution in [0.15, 0.2) is 18.2 Å². The van der Waals surface area contributed by atoms with Gasteiger partial charge >= 0.3 is 0 Å². The Morgan fingerprint density at radius 3 is 2.79 bits per heavy atom. The van der Waals surface area contributed by atoms with E-state index in [-0.39, 0.29) is 30.0 Å². The van der Waals surface area contributed by atoms with Crippen LogP contribution in [0.5, 0.6) is 0 Å². The summed E-state index contributed by atoms with van der Waals surface area (Å²) in [6, 6.07) is 5.20. The molecule has 0 aliphatic rings. The highest BCUT2D eigenvalue weighted by Crippen LogP contribution is 2.23. The second-order valence-electron chi connectivity index (χ2n) is 4.13. The molecule has 0 aromatic heterocycles. The Balaban J connectivity index is 2.76. The number of amides is 1. The molecule has 19 heavy (non-hydrogen) atoms. The summed E-state index contributed by atoms with van der Waals surface area (Å²) in [5.74, 6) is -0.840. The van der Waals surface area contributed by atoms with Gasteiger partial charge in [0.15, 0.2) is 0 Å². The highest BCUT2D eigenvalue weighted by molar-refractivity contribution is 5.72. The van der Waals surface area contributed by atoms with Gasteiger partial charge < -0.3 is 15.5 Å². The van der Waals surface area contributed by atoms with E-state index in [1.54, 1.807) is 0 Å². The fourth-order valence-corrected chi connectivity index (χ4v) is 1.64. The summed E-state index contributed by atoms with van der Waals surface area (Å²) in [5, 5.41) is 31.0. The van der Waals surface area contributed by atoms with Crippen LogP contribution >= 0.6 is 0 Å². The molecule has 1 rings (SSSR count). The SMILES string of the molecule is CC(=O)NCCC(O)C(O)c1cc(F)ccc1C#N. The molecule has 0 saturated heterocycles. The molecule has 2 unspecified atom stereocenters. The summed E-state index contributed by atoms with van der Waals surface area (Å²) in [4.78, 5) is 10.7. The van der Waals surface area contributed by atoms with Gasteiger partial charge in [-0.1, -0.05) is 0 Å². The number of aliphatic hydroxyl groups excluding tert-OH is 2. The Labute approximate surface area is 110 Å². The predicted molar refractivity (Wildman–Crippen MR) is 65.4 cm³/mol. The molecule has 0 aliphatic carbocycles. The van der Waals surface area contributed by atoms with E-state index < -0.39 is 18.0 Å². The third-order valence-corrected chi connectivity index (χ3v) is 2.63. The molecule has 5 nitrogen and oxygen atoms in total. The van der Waals surface area contributed by atoms with Gasteiger partial charge in [-0.3, -0.25) is 4.79 Å². The molecule has 0 spiro atoms. The van der Waals surface area contributed by atoms with E-state index in [1.807, 2.05) is 6.07 Å². The smallest absolute Gasteiger partial charge is 0.216 e. The highest BCUT2D eigenvalue weighted by Gasteiger charge is 2.21. The van der Waals surface area contributed by atoms with Crippen molar-refractivity contribution in [3.63, 3.8) is 0 Å². The Kier molecular flexibility index (Phi) is 5.42. The quantitative estimate of drug-likeness (QED) is 0.728. The number of aliphatic hydroxyl groups is 2. The Morgan fingerprint density at radius 2 is 2.21 bits per heavy atom. The normalized spacial score (nSPS) is 13.4. The number of carbonyl (C=O) groups excluding carboxylic acids is 1. The Morgan fingerprint density at radius 1 is 1.53 bits per heavy atom. The van der Waals surface area contributed by atoms with Gasteiger partial charge in [-0.15, -0.1) is 0 Å². The number of nitrogens with zero attached hydrogens (tertiary/aromatic N) is 1. The second-order valence-corrected chi connectivity index (χ2v) is 4.13. The van der Waals surface area contributed by atoms with Crippen LogP contribution in [0.1, 0.15) is 30.6 Å². The molecule has 0 fully saturated rings. The Hall–Kier alpha value is -1.97. The van der Waals surface area contributed by atoms with Crippen molar-refractivity contribution in [2.75, 3.05) is 6.54 Å². The highest BCUT2D eigenvalue weighted by atomic mass is 19.1. The first-order valence-corrected chi connectivity index (χ1v) is 5.75. The molecule has 6 heteroatoms. The van der Waals surface area contributed by atoms with Crippen LogP contribution in [-0.2, 0) is 4.79 Å². The number of nitriles is 1. The lowest BCUT2D eigenvalue weighted by molar-refractivity contribution is -0.119. The van der Waals surface area contributed by atoms with Crippen LogP contribution in [0.2, 0.25) is 0 Å². The minimum Gasteiger partial charge on any atom is -0.390 e. The molecule has 3 N–H and O–H groups in total. The summed E-state index contributed by atoms with van der Waals surface area (Å²) in [7, 11) is 0. The minimum atomic E-state index is -1.38. The van der Waals surface area contributed by atoms with Gasteiger partial charge in [-0.05, 0) is 24.6 Å². The zero-order chi connectivity index (χ0) is 14.4. The molecule has 1 aromatic rings. The summed E-state index contributed by atoms with van der Waals surface area (Å²) in [5.41, 5.74) is 0.144. The molecular weight excluding hydrogens is 251 g/mol. The largest absolute Gasteiger partial charge is 0.390 e. The van der Waals surface area contributed by atoms with Crippen molar-refractivity contribution in [2.45, 2.75) is 25.6 Å². The molecular formula is C13H15FN2O3. The second kappa shape index (κ2) is 6.83. The molecule has 2 atom stereocenters. The van der Waals surface area contributed by atoms with Gasteiger partial charge in [0.05, 0.1) is 17.7 Å². The maximum atomic E-state index is 13.1. The van der Waals surface area contributed by atoms with E-state index in [2.05, 4.69) is 5.32 Å². The van der Waals surface area contributed by atoms with Gasteiger partial charge in [0.25, 0.3) is 0 Å². The molecule has 0 heterocycles. The maximum absolute atomic E-state index is 13.1. The van der Waals surface area contributed by atoms with Crippen molar-refractivity contribution in [3.8, 4) is 6.07 Å². The molecule has 0 aliphatic heterocycles. The van der Waals surface area contributed by atoms with E-state index in [0.29, 0.717) is 0 Å². The lowest BCUT2D eigenvalue weighted by Gasteiger charge is -2.19. The van der Waals surface area contributed by atoms with Gasteiger partial charge in [-0.25, -0.2) is 4.39 Å². The average molecular weight is 266 g/mol. The first kappa shape index (κ1) is 15.1. The van der Waals surface area contributed by atoms with Crippen LogP contribution in [0.25, 0.3) is 0 Å². The summed E-state index contributed by atoms with van der Waals surface area (Å²) in [6.07, 6.45) is -2.47. The molecule has 1 amide bonds. The topological polar surface area (TPSA) is 93.3 Å². The fourth-order valence-electron chi connectivity index (χ4n) is 1.64. The molecule has 1 aromatic carbocycles. The van der Waals surface area contributed by atoms with Crippen molar-refractivity contribution in [2.24, 2.45) is 0 Å². The summed E-state index contributed by atoms with van der Waals surface area (Å²) in [6.45, 7) is 1.52. The van der Waals surface area contributed by atoms with Gasteiger partial charge in [0, 0.05) is 19.0 Å². The van der Waals surface area contributed by atoms with Gasteiger partial charge in [0.2, 0.25) is 5.91 Å². The first-order valence-electron chi connectivity index (χ1n) is 5.75. The number of carbonyl (C=O) groups is 1. The van der Waals surface area contributed by atoms with E-state index >= 15 is 0 Å². The van der Waals surface area contributed by atoms with Crippen molar-refractivity contribution in [1.82, 2.24) is 5.32 Å². The van der Waals surface area contributed by atoms with Crippen molar-refractivity contribution in [3.05, 3.63) is 35.1 Å². The maximum Gasteiger partial charge on any atom is 0.216 e. The first-order chi connectivity index (χ1) is 8.95. The average Bonchev–Trinajstić information content (AvgIpc) is 2.37. The summed E-state index contributed by atoms with van der Waals surface area (Å²) >= 11 is 0. The monoisotopic (exact) mass is 266 g/mol. The summed E-state index contributed by atoms with van der Waals surface area (Å²) < 4.78 is 13.1. The zero-order valence-corrected chi connectivity index (χ0v) is 10.4. The van der Waals surface area contributed by atoms with Crippen molar-refractivity contribution >= 4 is 5.91 Å². The van der Waals surface area contributed by atoms with E-state index in [1.165, 1.54) is 13.0 Å². The van der Waals surface area contributed by atoms with Crippen LogP contribution in [0.4, 0.5) is 4.39 Å². The van der Waals surface area contributed by atoms with E-state index in [4.69, 9.17) is 5.26 Å². The predicted octanol–water partition coefficient (Wildman–Crippen LogP) is 0.618. The standard InChI is InChI=1S/C13H15FN2O3/c1-8(17)16-5-4-12(18)13(19)11-6-10(14)3-2-9(11)7-15/h2-3,6,12-13,18-19H,4-5H2,1H3,(H,16,17). The van der Waals surface area contributed by atoms with Gasteiger partial charge in [0.1, 0.15) is 11.9 Å². The number of halogens is 1. The fraction of sp³-hybridized carbons (Fsp3) is 0.385. The molecule has 0 radical (unpaired) electrons. The van der Waals surface area contributed by atoms with Gasteiger partial charge in [-0.2, -0.15) is 5.26 Å². The van der Waals surface area contributed by atoms with Crippen LogP contribution < -0.4 is 5.32 Å². The van der Waals surface area contributed by atoms with Crippen molar-refractivity contribution in [1.29, 1.82) is 5.26 Å². The van der Waals surface area contributed by atoms with Crippen LogP contribution in [-0.4, -0.2) is 28.8 Å². The zero-order valence-electron chi connectivity index (χ0n) is 10.4. The lowest BCUT2D eigenvalue weighted by Crippen LogP contribution is -2.28. The third kappa shape index (κ3) is 4.32. The van der Waals surface area contributed by atoms with E-state index in [9.17, 15) is 19.4 Å². The number of hydrogen-bond donors (Lipinski definition) is 3. The van der Waals surface area contributed by atoms with Crippen LogP contribution in [0.3, 0.4) is 0 Å². The molecule has 0 saturated carbocycles. The number of nitrogens with one attached hydrogen (secondary N) is 1. The van der Waals surface area contributed by atoms with Crippen LogP contribution in [0, 0.1) is 17.1 Å². The molecule has 102 valence electrons. The van der Waals surface area contributed by atoms with E-state index in [0.717, 1.165) is 12.1 Å². The van der Waals surface area contributed by atoms with Crippen molar-refractivity contribution < 1.29 is 19.4 Å². The third-order valence-electron chi connectivity index (χ3n) is 2.63. The number of benzene rings is 1. The minimum absolute atomic E-state index is 0.0397. The number of hydrogen-bond acceptors (Lipinski definition) is 4. The lowest BCUT2D eigenvalue weighted by atomic mass is 9.97.